The van der Waals surface area contributed by atoms with E-state index in [9.17, 15) is 4.79 Å². The van der Waals surface area contributed by atoms with Crippen LogP contribution in [0.4, 0.5) is 0 Å². The lowest BCUT2D eigenvalue weighted by Gasteiger charge is -2.12. The molecule has 2 aromatic carbocycles. The molecule has 0 saturated heterocycles. The molecule has 1 aliphatic rings. The Morgan fingerprint density at radius 2 is 1.68 bits per heavy atom. The van der Waals surface area contributed by atoms with Crippen molar-refractivity contribution in [3.05, 3.63) is 59.0 Å². The summed E-state index contributed by atoms with van der Waals surface area (Å²) >= 11 is 0. The highest BCUT2D eigenvalue weighted by molar-refractivity contribution is 5.89. The third-order valence-electron chi connectivity index (χ3n) is 3.93. The van der Waals surface area contributed by atoms with Crippen LogP contribution in [0.15, 0.2) is 62.2 Å². The second-order valence-corrected chi connectivity index (χ2v) is 5.17. The average molecular weight is 292 g/mol. The molecule has 5 rings (SSSR count). The van der Waals surface area contributed by atoms with Gasteiger partial charge in [-0.05, 0) is 18.2 Å². The van der Waals surface area contributed by atoms with Crippen LogP contribution in [-0.2, 0) is 6.73 Å². The van der Waals surface area contributed by atoms with Crippen molar-refractivity contribution in [3.63, 3.8) is 0 Å². The Kier molecular flexibility index (Phi) is 2.09. The molecule has 0 bridgehead atoms. The van der Waals surface area contributed by atoms with Crippen molar-refractivity contribution < 1.29 is 18.1 Å². The van der Waals surface area contributed by atoms with Gasteiger partial charge in [-0.2, -0.15) is 0 Å². The smallest absolute Gasteiger partial charge is 0.396 e. The number of para-hydroxylation sites is 3. The second-order valence-electron chi connectivity index (χ2n) is 5.17. The number of nitrogens with zero attached hydrogens (tertiary/aromatic N) is 1. The summed E-state index contributed by atoms with van der Waals surface area (Å²) in [7, 11) is 0. The number of hydrogen-bond donors (Lipinski definition) is 0. The molecule has 1 aliphatic heterocycles. The first kappa shape index (κ1) is 11.6. The predicted octanol–water partition coefficient (Wildman–Crippen LogP) is 2.84. The Morgan fingerprint density at radius 1 is 0.909 bits per heavy atom. The number of benzene rings is 2. The molecule has 0 N–H and O–H groups in total. The van der Waals surface area contributed by atoms with Crippen molar-refractivity contribution >= 4 is 22.1 Å². The van der Waals surface area contributed by atoms with Gasteiger partial charge in [0.1, 0.15) is 5.58 Å². The number of hydrogen-bond acceptors (Lipinski definition) is 4. The number of aromatic nitrogens is 1. The molecule has 0 fully saturated rings. The van der Waals surface area contributed by atoms with Crippen LogP contribution in [0.25, 0.3) is 33.5 Å². The molecule has 0 atom stereocenters. The molecule has 4 aromatic rings. The summed E-state index contributed by atoms with van der Waals surface area (Å²) < 4.78 is 19.0. The zero-order valence-corrected chi connectivity index (χ0v) is 11.4. The van der Waals surface area contributed by atoms with E-state index in [-0.39, 0.29) is 0 Å². The molecule has 0 unspecified atom stereocenters. The fraction of sp³-hybridized carbons (Fsp3) is 0.0588. The van der Waals surface area contributed by atoms with Gasteiger partial charge in [-0.15, -0.1) is 4.57 Å². The number of rotatable bonds is 0. The molecular weight excluding hydrogens is 282 g/mol. The van der Waals surface area contributed by atoms with E-state index in [0.29, 0.717) is 35.1 Å². The summed E-state index contributed by atoms with van der Waals surface area (Å²) in [6, 6.07) is 14.9. The van der Waals surface area contributed by atoms with Gasteiger partial charge in [0.25, 0.3) is 12.2 Å². The summed E-state index contributed by atoms with van der Waals surface area (Å²) in [4.78, 5) is 12.4. The third-order valence-corrected chi connectivity index (χ3v) is 3.93. The van der Waals surface area contributed by atoms with Crippen LogP contribution in [0.2, 0.25) is 0 Å². The Morgan fingerprint density at radius 3 is 2.59 bits per heavy atom. The number of fused-ring (bicyclic) bond motifs is 7. The van der Waals surface area contributed by atoms with Crippen LogP contribution in [-0.4, -0.2) is 0 Å². The van der Waals surface area contributed by atoms with Crippen LogP contribution >= 0.6 is 0 Å². The van der Waals surface area contributed by atoms with Gasteiger partial charge < -0.3 is 13.6 Å². The largest absolute Gasteiger partial charge is 0.434 e. The SMILES string of the molecule is O=c1oc2ccccc2c2c1-c1oc3ccccc3[n+]1CO2. The molecule has 0 aliphatic carbocycles. The topological polar surface area (TPSA) is 56.5 Å². The summed E-state index contributed by atoms with van der Waals surface area (Å²) in [6.07, 6.45) is 0. The van der Waals surface area contributed by atoms with E-state index in [1.54, 1.807) is 6.07 Å². The van der Waals surface area contributed by atoms with Gasteiger partial charge in [-0.25, -0.2) is 4.79 Å². The highest BCUT2D eigenvalue weighted by Crippen LogP contribution is 2.36. The Balaban J connectivity index is 1.95. The molecule has 3 heterocycles. The lowest BCUT2D eigenvalue weighted by molar-refractivity contribution is -0.696. The van der Waals surface area contributed by atoms with E-state index >= 15 is 0 Å². The molecule has 0 amide bonds. The van der Waals surface area contributed by atoms with Crippen molar-refractivity contribution in [2.45, 2.75) is 6.73 Å². The highest BCUT2D eigenvalue weighted by Gasteiger charge is 2.36. The summed E-state index contributed by atoms with van der Waals surface area (Å²) in [5, 5.41) is 0.767. The molecule has 106 valence electrons. The normalized spacial score (nSPS) is 12.9. The molecule has 2 aromatic heterocycles. The maximum absolute atomic E-state index is 12.4. The standard InChI is InChI=1S/C17H10NO4/c19-17-14-15(10-5-1-3-7-12(10)22-17)20-9-18-11-6-2-4-8-13(11)21-16(14)18/h1-8H,9H2/q+1. The van der Waals surface area contributed by atoms with Gasteiger partial charge in [0.15, 0.2) is 5.75 Å². The zero-order chi connectivity index (χ0) is 14.7. The average Bonchev–Trinajstić information content (AvgIpc) is 2.93. The lowest BCUT2D eigenvalue weighted by atomic mass is 10.1. The highest BCUT2D eigenvalue weighted by atomic mass is 16.5. The van der Waals surface area contributed by atoms with Crippen LogP contribution in [0.3, 0.4) is 0 Å². The maximum Gasteiger partial charge on any atom is 0.396 e. The fourth-order valence-electron chi connectivity index (χ4n) is 2.93. The first-order chi connectivity index (χ1) is 10.8. The van der Waals surface area contributed by atoms with Crippen LogP contribution in [0.5, 0.6) is 5.75 Å². The van der Waals surface area contributed by atoms with Gasteiger partial charge in [0.2, 0.25) is 11.1 Å². The third kappa shape index (κ3) is 1.37. The minimum absolute atomic E-state index is 0.298. The molecule has 0 spiro atoms. The van der Waals surface area contributed by atoms with Crippen LogP contribution in [0.1, 0.15) is 0 Å². The van der Waals surface area contributed by atoms with Crippen molar-refractivity contribution in [2.75, 3.05) is 0 Å². The minimum Gasteiger partial charge on any atom is -0.434 e. The van der Waals surface area contributed by atoms with Crippen molar-refractivity contribution in [3.8, 4) is 17.2 Å². The number of ether oxygens (including phenoxy) is 1. The van der Waals surface area contributed by atoms with E-state index < -0.39 is 5.63 Å². The maximum atomic E-state index is 12.4. The molecule has 5 nitrogen and oxygen atoms in total. The summed E-state index contributed by atoms with van der Waals surface area (Å²) in [6.45, 7) is 0.298. The van der Waals surface area contributed by atoms with E-state index in [1.165, 1.54) is 0 Å². The van der Waals surface area contributed by atoms with Crippen LogP contribution < -0.4 is 14.9 Å². The van der Waals surface area contributed by atoms with Gasteiger partial charge in [0, 0.05) is 6.07 Å². The van der Waals surface area contributed by atoms with E-state index in [2.05, 4.69) is 0 Å². The lowest BCUT2D eigenvalue weighted by Crippen LogP contribution is -2.41. The van der Waals surface area contributed by atoms with Crippen molar-refractivity contribution in [1.29, 1.82) is 0 Å². The van der Waals surface area contributed by atoms with Gasteiger partial charge in [0.05, 0.1) is 5.39 Å². The first-order valence-electron chi connectivity index (χ1n) is 6.93. The monoisotopic (exact) mass is 292 g/mol. The second kappa shape index (κ2) is 3.98. The van der Waals surface area contributed by atoms with Crippen LogP contribution in [0, 0.1) is 0 Å². The van der Waals surface area contributed by atoms with Gasteiger partial charge in [-0.3, -0.25) is 0 Å². The Bertz CT molecular complexity index is 1110. The fourth-order valence-corrected chi connectivity index (χ4v) is 2.93. The van der Waals surface area contributed by atoms with Gasteiger partial charge >= 0.3 is 11.5 Å². The quantitative estimate of drug-likeness (QED) is 0.369. The van der Waals surface area contributed by atoms with Gasteiger partial charge in [-0.1, -0.05) is 24.3 Å². The number of oxazole rings is 1. The van der Waals surface area contributed by atoms with E-state index in [1.807, 2.05) is 47.0 Å². The molecular formula is C17H10NO4+. The molecule has 0 radical (unpaired) electrons. The van der Waals surface area contributed by atoms with Crippen molar-refractivity contribution in [1.82, 2.24) is 0 Å². The molecule has 22 heavy (non-hydrogen) atoms. The van der Waals surface area contributed by atoms with Crippen molar-refractivity contribution in [2.24, 2.45) is 0 Å². The predicted molar refractivity (Wildman–Crippen MR) is 78.5 cm³/mol. The Hall–Kier alpha value is -3.08. The zero-order valence-electron chi connectivity index (χ0n) is 11.4. The van der Waals surface area contributed by atoms with E-state index in [0.717, 1.165) is 10.9 Å². The summed E-state index contributed by atoms with van der Waals surface area (Å²) in [5.74, 6) is 0.993. The first-order valence-corrected chi connectivity index (χ1v) is 6.93. The Labute approximate surface area is 124 Å². The van der Waals surface area contributed by atoms with E-state index in [4.69, 9.17) is 13.6 Å². The molecule has 5 heteroatoms. The summed E-state index contributed by atoms with van der Waals surface area (Å²) in [5.41, 5.74) is 1.98. The minimum atomic E-state index is -0.457. The molecule has 0 saturated carbocycles.